The van der Waals surface area contributed by atoms with Gasteiger partial charge in [0.25, 0.3) is 0 Å². The van der Waals surface area contributed by atoms with Gasteiger partial charge in [-0.1, -0.05) is 58.4 Å². The zero-order chi connectivity index (χ0) is 20.4. The van der Waals surface area contributed by atoms with Gasteiger partial charge in [0, 0.05) is 15.6 Å². The van der Waals surface area contributed by atoms with Crippen molar-refractivity contribution in [3.63, 3.8) is 0 Å². The average molecular weight is 449 g/mol. The van der Waals surface area contributed by atoms with E-state index < -0.39 is 0 Å². The minimum Gasteiger partial charge on any atom is -0.485 e. The lowest BCUT2D eigenvalue weighted by Gasteiger charge is -2.11. The molecule has 1 aliphatic heterocycles. The predicted molar refractivity (Wildman–Crippen MR) is 115 cm³/mol. The Balaban J connectivity index is 1.53. The monoisotopic (exact) mass is 448 g/mol. The van der Waals surface area contributed by atoms with Gasteiger partial charge in [0.2, 0.25) is 5.78 Å². The van der Waals surface area contributed by atoms with Crippen LogP contribution in [0.15, 0.2) is 77.0 Å². The minimum atomic E-state index is -0.169. The van der Waals surface area contributed by atoms with E-state index in [9.17, 15) is 9.59 Å². The Hall–Kier alpha value is -3.18. The summed E-state index contributed by atoms with van der Waals surface area (Å²) >= 11 is 3.39. The minimum absolute atomic E-state index is 0.0842. The Morgan fingerprint density at radius 1 is 1.03 bits per heavy atom. The number of fused-ring (bicyclic) bond motifs is 1. The summed E-state index contributed by atoms with van der Waals surface area (Å²) in [6.07, 6.45) is 1.72. The second kappa shape index (κ2) is 8.05. The van der Waals surface area contributed by atoms with Gasteiger partial charge in [0.15, 0.2) is 18.1 Å². The summed E-state index contributed by atoms with van der Waals surface area (Å²) in [6, 6.07) is 20.0. The van der Waals surface area contributed by atoms with E-state index in [2.05, 4.69) is 15.9 Å². The lowest BCUT2D eigenvalue weighted by molar-refractivity contribution is 0.0920. The SMILES string of the molecule is Cc1c(OCC(=O)c2ccccc2)ccc2c1O/C(=C\c1ccc(Br)cc1)C2=O. The fourth-order valence-electron chi connectivity index (χ4n) is 3.09. The Morgan fingerprint density at radius 2 is 1.76 bits per heavy atom. The van der Waals surface area contributed by atoms with Gasteiger partial charge in [0.05, 0.1) is 5.56 Å². The van der Waals surface area contributed by atoms with Crippen LogP contribution in [0.25, 0.3) is 6.08 Å². The van der Waals surface area contributed by atoms with E-state index in [1.54, 1.807) is 30.3 Å². The highest BCUT2D eigenvalue weighted by Gasteiger charge is 2.30. The molecule has 0 saturated carbocycles. The third-order valence-corrected chi connectivity index (χ3v) is 5.19. The highest BCUT2D eigenvalue weighted by Crippen LogP contribution is 2.39. The zero-order valence-corrected chi connectivity index (χ0v) is 17.2. The summed E-state index contributed by atoms with van der Waals surface area (Å²) < 4.78 is 12.5. The lowest BCUT2D eigenvalue weighted by atomic mass is 10.1. The second-order valence-corrected chi connectivity index (χ2v) is 7.55. The van der Waals surface area contributed by atoms with Crippen LogP contribution in [0.5, 0.6) is 11.5 Å². The molecule has 0 N–H and O–H groups in total. The summed E-state index contributed by atoms with van der Waals surface area (Å²) in [6.45, 7) is 1.73. The maximum atomic E-state index is 12.7. The Labute approximate surface area is 176 Å². The van der Waals surface area contributed by atoms with Crippen LogP contribution >= 0.6 is 15.9 Å². The fraction of sp³-hybridized carbons (Fsp3) is 0.0833. The molecule has 0 saturated heterocycles. The molecule has 0 atom stereocenters. The first-order chi connectivity index (χ1) is 14.0. The number of ketones is 2. The summed E-state index contributed by atoms with van der Waals surface area (Å²) in [5.74, 6) is 0.980. The molecular weight excluding hydrogens is 432 g/mol. The van der Waals surface area contributed by atoms with Crippen molar-refractivity contribution in [2.75, 3.05) is 6.61 Å². The van der Waals surface area contributed by atoms with Crippen molar-refractivity contribution in [3.8, 4) is 11.5 Å². The Morgan fingerprint density at radius 3 is 2.48 bits per heavy atom. The molecule has 0 aliphatic carbocycles. The van der Waals surface area contributed by atoms with E-state index in [0.29, 0.717) is 28.2 Å². The molecule has 0 bridgehead atoms. The maximum absolute atomic E-state index is 12.7. The number of halogens is 1. The van der Waals surface area contributed by atoms with Gasteiger partial charge >= 0.3 is 0 Å². The van der Waals surface area contributed by atoms with E-state index in [1.165, 1.54) is 0 Å². The molecule has 0 aromatic heterocycles. The van der Waals surface area contributed by atoms with Crippen LogP contribution in [-0.2, 0) is 0 Å². The van der Waals surface area contributed by atoms with Crippen LogP contribution in [0.4, 0.5) is 0 Å². The highest BCUT2D eigenvalue weighted by atomic mass is 79.9. The van der Waals surface area contributed by atoms with Crippen LogP contribution in [0, 0.1) is 6.92 Å². The Kier molecular flexibility index (Phi) is 5.32. The number of hydrogen-bond donors (Lipinski definition) is 0. The molecule has 144 valence electrons. The van der Waals surface area contributed by atoms with E-state index in [-0.39, 0.29) is 23.9 Å². The molecule has 3 aromatic rings. The summed E-state index contributed by atoms with van der Waals surface area (Å²) in [4.78, 5) is 25.0. The molecule has 1 heterocycles. The first-order valence-corrected chi connectivity index (χ1v) is 9.86. The smallest absolute Gasteiger partial charge is 0.231 e. The van der Waals surface area contributed by atoms with E-state index in [0.717, 1.165) is 10.0 Å². The van der Waals surface area contributed by atoms with Gasteiger partial charge in [-0.05, 0) is 42.8 Å². The Bertz CT molecular complexity index is 1120. The standard InChI is InChI=1S/C24H17BrO4/c1-15-21(28-14-20(26)17-5-3-2-4-6-17)12-11-19-23(27)22(29-24(15)19)13-16-7-9-18(25)10-8-16/h2-13H,14H2,1H3/b22-13-. The number of carbonyl (C=O) groups is 2. The number of allylic oxidation sites excluding steroid dienone is 1. The zero-order valence-electron chi connectivity index (χ0n) is 15.6. The lowest BCUT2D eigenvalue weighted by Crippen LogP contribution is -2.12. The number of rotatable bonds is 5. The molecule has 4 nitrogen and oxygen atoms in total. The quantitative estimate of drug-likeness (QED) is 0.374. The molecule has 0 fully saturated rings. The van der Waals surface area contributed by atoms with Crippen LogP contribution in [0.1, 0.15) is 31.8 Å². The molecule has 0 amide bonds. The molecule has 5 heteroatoms. The maximum Gasteiger partial charge on any atom is 0.231 e. The van der Waals surface area contributed by atoms with Crippen LogP contribution < -0.4 is 9.47 Å². The topological polar surface area (TPSA) is 52.6 Å². The van der Waals surface area contributed by atoms with E-state index >= 15 is 0 Å². The molecule has 0 unspecified atom stereocenters. The van der Waals surface area contributed by atoms with Gasteiger partial charge in [0.1, 0.15) is 11.5 Å². The van der Waals surface area contributed by atoms with Gasteiger partial charge in [-0.3, -0.25) is 9.59 Å². The van der Waals surface area contributed by atoms with Crippen molar-refractivity contribution in [1.29, 1.82) is 0 Å². The molecule has 0 spiro atoms. The van der Waals surface area contributed by atoms with Gasteiger partial charge in [-0.15, -0.1) is 0 Å². The summed E-state index contributed by atoms with van der Waals surface area (Å²) in [5.41, 5.74) is 2.65. The number of hydrogen-bond acceptors (Lipinski definition) is 4. The third kappa shape index (κ3) is 4.00. The molecule has 3 aromatic carbocycles. The van der Waals surface area contributed by atoms with Crippen LogP contribution in [-0.4, -0.2) is 18.2 Å². The van der Waals surface area contributed by atoms with E-state index in [1.807, 2.05) is 49.4 Å². The molecule has 0 radical (unpaired) electrons. The number of Topliss-reactive ketones (excluding diaryl/α,β-unsaturated/α-hetero) is 2. The predicted octanol–water partition coefficient (Wildman–Crippen LogP) is 5.64. The largest absolute Gasteiger partial charge is 0.485 e. The van der Waals surface area contributed by atoms with Crippen molar-refractivity contribution in [2.24, 2.45) is 0 Å². The normalized spacial score (nSPS) is 13.9. The first kappa shape index (κ1) is 19.2. The second-order valence-electron chi connectivity index (χ2n) is 6.63. The van der Waals surface area contributed by atoms with E-state index in [4.69, 9.17) is 9.47 Å². The molecular formula is C24H17BrO4. The fourth-order valence-corrected chi connectivity index (χ4v) is 3.35. The summed E-state index contributed by atoms with van der Waals surface area (Å²) in [7, 11) is 0. The third-order valence-electron chi connectivity index (χ3n) is 4.66. The van der Waals surface area contributed by atoms with Crippen LogP contribution in [0.3, 0.4) is 0 Å². The van der Waals surface area contributed by atoms with Gasteiger partial charge in [-0.25, -0.2) is 0 Å². The average Bonchev–Trinajstić information content (AvgIpc) is 3.06. The van der Waals surface area contributed by atoms with Gasteiger partial charge in [-0.2, -0.15) is 0 Å². The molecule has 4 rings (SSSR count). The van der Waals surface area contributed by atoms with Crippen molar-refractivity contribution < 1.29 is 19.1 Å². The van der Waals surface area contributed by atoms with Crippen molar-refractivity contribution in [2.45, 2.75) is 6.92 Å². The number of benzene rings is 3. The number of carbonyl (C=O) groups excluding carboxylic acids is 2. The number of ether oxygens (including phenoxy) is 2. The van der Waals surface area contributed by atoms with Crippen LogP contribution in [0.2, 0.25) is 0 Å². The van der Waals surface area contributed by atoms with Gasteiger partial charge < -0.3 is 9.47 Å². The molecule has 1 aliphatic rings. The summed E-state index contributed by atoms with van der Waals surface area (Å²) in [5, 5.41) is 0. The first-order valence-electron chi connectivity index (χ1n) is 9.07. The molecule has 29 heavy (non-hydrogen) atoms. The highest BCUT2D eigenvalue weighted by molar-refractivity contribution is 9.10. The van der Waals surface area contributed by atoms with Crippen molar-refractivity contribution >= 4 is 33.6 Å². The van der Waals surface area contributed by atoms with Crippen molar-refractivity contribution in [3.05, 3.63) is 99.2 Å². The van der Waals surface area contributed by atoms with Crippen molar-refractivity contribution in [1.82, 2.24) is 0 Å².